The molecule has 2 aromatic rings. The van der Waals surface area contributed by atoms with Gasteiger partial charge in [0.25, 0.3) is 5.91 Å². The largest absolute Gasteiger partial charge is 0.416 e. The van der Waals surface area contributed by atoms with Gasteiger partial charge in [-0.25, -0.2) is 8.42 Å². The molecule has 0 unspecified atom stereocenters. The monoisotopic (exact) mass is 412 g/mol. The number of hydrogen-bond acceptors (Lipinski definition) is 3. The zero-order valence-electron chi connectivity index (χ0n) is 15.1. The minimum absolute atomic E-state index is 0.0484. The third kappa shape index (κ3) is 4.14. The number of sulfonamides is 1. The highest BCUT2D eigenvalue weighted by molar-refractivity contribution is 7.92. The molecule has 0 bridgehead atoms. The molecule has 5 nitrogen and oxygen atoms in total. The van der Waals surface area contributed by atoms with Gasteiger partial charge in [-0.05, 0) is 55.7 Å². The maximum atomic E-state index is 12.8. The van der Waals surface area contributed by atoms with E-state index in [0.717, 1.165) is 17.7 Å². The molecule has 0 aromatic heterocycles. The summed E-state index contributed by atoms with van der Waals surface area (Å²) in [6.45, 7) is 1.91. The van der Waals surface area contributed by atoms with Crippen LogP contribution in [0.2, 0.25) is 0 Å². The second kappa shape index (κ2) is 7.46. The summed E-state index contributed by atoms with van der Waals surface area (Å²) in [5.41, 5.74) is 0.617. The predicted octanol–water partition coefficient (Wildman–Crippen LogP) is 4.06. The molecule has 150 valence electrons. The van der Waals surface area contributed by atoms with E-state index >= 15 is 0 Å². The first-order chi connectivity index (χ1) is 13.1. The van der Waals surface area contributed by atoms with Crippen molar-refractivity contribution in [3.8, 4) is 0 Å². The fraction of sp³-hybridized carbons (Fsp3) is 0.316. The Labute approximate surface area is 161 Å². The second-order valence-electron chi connectivity index (χ2n) is 6.45. The number of anilines is 2. The Morgan fingerprint density at radius 1 is 1.18 bits per heavy atom. The van der Waals surface area contributed by atoms with Crippen molar-refractivity contribution in [1.82, 2.24) is 0 Å². The Kier molecular flexibility index (Phi) is 5.38. The molecule has 2 aromatic carbocycles. The van der Waals surface area contributed by atoms with E-state index in [-0.39, 0.29) is 11.3 Å². The third-order valence-corrected chi connectivity index (χ3v) is 6.35. The molecule has 0 spiro atoms. The first-order valence-corrected chi connectivity index (χ1v) is 10.3. The van der Waals surface area contributed by atoms with Crippen LogP contribution in [-0.2, 0) is 22.6 Å². The van der Waals surface area contributed by atoms with Gasteiger partial charge in [-0.2, -0.15) is 13.2 Å². The maximum Gasteiger partial charge on any atom is 0.416 e. The number of hydrogen-bond donors (Lipinski definition) is 1. The van der Waals surface area contributed by atoms with Crippen molar-refractivity contribution in [2.24, 2.45) is 0 Å². The van der Waals surface area contributed by atoms with E-state index in [2.05, 4.69) is 5.32 Å². The van der Waals surface area contributed by atoms with E-state index in [4.69, 9.17) is 0 Å². The fourth-order valence-electron chi connectivity index (χ4n) is 3.10. The number of nitrogens with zero attached hydrogens (tertiary/aromatic N) is 1. The molecular formula is C19H19F3N2O3S. The molecule has 1 aliphatic heterocycles. The quantitative estimate of drug-likeness (QED) is 0.824. The van der Waals surface area contributed by atoms with Crippen LogP contribution in [0.4, 0.5) is 24.5 Å². The van der Waals surface area contributed by atoms with Gasteiger partial charge in [0, 0.05) is 17.8 Å². The maximum absolute atomic E-state index is 12.8. The highest BCUT2D eigenvalue weighted by Gasteiger charge is 2.31. The molecule has 9 heteroatoms. The van der Waals surface area contributed by atoms with Gasteiger partial charge in [0.05, 0.1) is 17.0 Å². The number of alkyl halides is 3. The van der Waals surface area contributed by atoms with Crippen molar-refractivity contribution in [3.63, 3.8) is 0 Å². The number of nitrogens with one attached hydrogen (secondary N) is 1. The molecule has 1 aliphatic rings. The summed E-state index contributed by atoms with van der Waals surface area (Å²) in [4.78, 5) is 12.4. The Hall–Kier alpha value is -2.55. The van der Waals surface area contributed by atoms with Crippen LogP contribution >= 0.6 is 0 Å². The summed E-state index contributed by atoms with van der Waals surface area (Å²) in [6, 6.07) is 9.02. The molecule has 1 heterocycles. The summed E-state index contributed by atoms with van der Waals surface area (Å²) in [5, 5.41) is 2.55. The van der Waals surface area contributed by atoms with Gasteiger partial charge in [0.1, 0.15) is 0 Å². The van der Waals surface area contributed by atoms with E-state index < -0.39 is 27.7 Å². The first-order valence-electron chi connectivity index (χ1n) is 8.74. The predicted molar refractivity (Wildman–Crippen MR) is 101 cm³/mol. The summed E-state index contributed by atoms with van der Waals surface area (Å²) in [6.07, 6.45) is -3.13. The lowest BCUT2D eigenvalue weighted by Crippen LogP contribution is -2.36. The van der Waals surface area contributed by atoms with Crippen LogP contribution < -0.4 is 9.62 Å². The molecule has 0 atom stereocenters. The highest BCUT2D eigenvalue weighted by atomic mass is 32.2. The molecule has 0 radical (unpaired) electrons. The number of aryl methyl sites for hydroxylation is 1. The van der Waals surface area contributed by atoms with Gasteiger partial charge in [0.2, 0.25) is 10.0 Å². The van der Waals surface area contributed by atoms with Crippen molar-refractivity contribution in [1.29, 1.82) is 0 Å². The average Bonchev–Trinajstić information content (AvgIpc) is 2.66. The number of fused-ring (bicyclic) bond motifs is 1. The van der Waals surface area contributed by atoms with Crippen LogP contribution in [-0.4, -0.2) is 26.6 Å². The smallest absolute Gasteiger partial charge is 0.322 e. The van der Waals surface area contributed by atoms with E-state index in [1.54, 1.807) is 25.1 Å². The standard InChI is InChI=1S/C19H19F3N2O3S/c1-2-28(26,27)24-10-4-6-13-8-9-16(12-17(13)24)23-18(25)14-5-3-7-15(11-14)19(20,21)22/h3,5,7-9,11-12H,2,4,6,10H2,1H3,(H,23,25). The van der Waals surface area contributed by atoms with Crippen molar-refractivity contribution in [2.75, 3.05) is 21.9 Å². The Balaban J connectivity index is 1.88. The topological polar surface area (TPSA) is 66.5 Å². The minimum atomic E-state index is -4.54. The van der Waals surface area contributed by atoms with Gasteiger partial charge in [-0.15, -0.1) is 0 Å². The summed E-state index contributed by atoms with van der Waals surface area (Å²) in [5.74, 6) is -0.750. The number of carbonyl (C=O) groups excluding carboxylic acids is 1. The number of amides is 1. The fourth-order valence-corrected chi connectivity index (χ4v) is 4.29. The minimum Gasteiger partial charge on any atom is -0.322 e. The molecule has 0 saturated heterocycles. The first kappa shape index (κ1) is 20.2. The van der Waals surface area contributed by atoms with Crippen LogP contribution in [0.25, 0.3) is 0 Å². The molecular weight excluding hydrogens is 393 g/mol. The van der Waals surface area contributed by atoms with E-state index in [0.29, 0.717) is 30.8 Å². The Bertz CT molecular complexity index is 1000. The second-order valence-corrected chi connectivity index (χ2v) is 8.63. The molecule has 0 fully saturated rings. The normalized spacial score (nSPS) is 14.5. The Morgan fingerprint density at radius 3 is 2.61 bits per heavy atom. The van der Waals surface area contributed by atoms with Gasteiger partial charge < -0.3 is 5.32 Å². The van der Waals surface area contributed by atoms with Gasteiger partial charge in [-0.3, -0.25) is 9.10 Å². The lowest BCUT2D eigenvalue weighted by Gasteiger charge is -2.30. The molecule has 3 rings (SSSR count). The van der Waals surface area contributed by atoms with Crippen LogP contribution in [0.1, 0.15) is 34.8 Å². The van der Waals surface area contributed by atoms with Crippen LogP contribution in [0.5, 0.6) is 0 Å². The molecule has 0 aliphatic carbocycles. The number of benzene rings is 2. The molecule has 0 saturated carbocycles. The zero-order chi connectivity index (χ0) is 20.5. The lowest BCUT2D eigenvalue weighted by atomic mass is 10.0. The molecule has 28 heavy (non-hydrogen) atoms. The van der Waals surface area contributed by atoms with Gasteiger partial charge in [-0.1, -0.05) is 12.1 Å². The van der Waals surface area contributed by atoms with Crippen molar-refractivity contribution in [3.05, 3.63) is 59.2 Å². The van der Waals surface area contributed by atoms with Crippen LogP contribution in [0, 0.1) is 0 Å². The van der Waals surface area contributed by atoms with Gasteiger partial charge in [0.15, 0.2) is 0 Å². The highest BCUT2D eigenvalue weighted by Crippen LogP contribution is 2.33. The van der Waals surface area contributed by atoms with E-state index in [9.17, 15) is 26.4 Å². The lowest BCUT2D eigenvalue weighted by molar-refractivity contribution is -0.137. The van der Waals surface area contributed by atoms with Crippen molar-refractivity contribution < 1.29 is 26.4 Å². The summed E-state index contributed by atoms with van der Waals surface area (Å²) in [7, 11) is -3.46. The van der Waals surface area contributed by atoms with Crippen LogP contribution in [0.15, 0.2) is 42.5 Å². The molecule has 1 N–H and O–H groups in total. The number of carbonyl (C=O) groups is 1. The van der Waals surface area contributed by atoms with Crippen LogP contribution in [0.3, 0.4) is 0 Å². The van der Waals surface area contributed by atoms with E-state index in [1.165, 1.54) is 16.4 Å². The number of rotatable bonds is 4. The summed E-state index contributed by atoms with van der Waals surface area (Å²) >= 11 is 0. The third-order valence-electron chi connectivity index (χ3n) is 4.57. The summed E-state index contributed by atoms with van der Waals surface area (Å²) < 4.78 is 64.5. The Morgan fingerprint density at radius 2 is 1.93 bits per heavy atom. The van der Waals surface area contributed by atoms with Gasteiger partial charge >= 0.3 is 6.18 Å². The SMILES string of the molecule is CCS(=O)(=O)N1CCCc2ccc(NC(=O)c3cccc(C(F)(F)F)c3)cc21. The average molecular weight is 412 g/mol. The zero-order valence-corrected chi connectivity index (χ0v) is 15.9. The van der Waals surface area contributed by atoms with Crippen molar-refractivity contribution in [2.45, 2.75) is 25.9 Å². The van der Waals surface area contributed by atoms with Crippen molar-refractivity contribution >= 4 is 27.3 Å². The number of halogens is 3. The van der Waals surface area contributed by atoms with E-state index in [1.807, 2.05) is 0 Å². The molecule has 1 amide bonds.